The summed E-state index contributed by atoms with van der Waals surface area (Å²) in [5.41, 5.74) is 0. The van der Waals surface area contributed by atoms with E-state index in [4.69, 9.17) is 9.57 Å². The normalized spacial score (nSPS) is 45.8. The maximum absolute atomic E-state index is 5.49. The van der Waals surface area contributed by atoms with E-state index in [0.717, 1.165) is 17.7 Å². The lowest BCUT2D eigenvalue weighted by Crippen LogP contribution is -2.30. The molecule has 4 atom stereocenters. The Bertz CT molecular complexity index is 251. The highest BCUT2D eigenvalue weighted by Gasteiger charge is 2.55. The summed E-state index contributed by atoms with van der Waals surface area (Å²) >= 11 is 0. The van der Waals surface area contributed by atoms with Gasteiger partial charge in [0.2, 0.25) is 5.90 Å². The summed E-state index contributed by atoms with van der Waals surface area (Å²) in [5.74, 6) is 2.93. The number of fused-ring (bicyclic) bond motifs is 5. The van der Waals surface area contributed by atoms with E-state index in [-0.39, 0.29) is 0 Å². The number of ether oxygens (including phenoxy) is 1. The molecule has 1 aliphatic heterocycles. The van der Waals surface area contributed by atoms with Gasteiger partial charge in [-0.1, -0.05) is 5.16 Å². The molecule has 0 spiro atoms. The lowest BCUT2D eigenvalue weighted by Gasteiger charge is -2.22. The summed E-state index contributed by atoms with van der Waals surface area (Å²) in [6, 6.07) is 0. The molecule has 3 nitrogen and oxygen atoms in total. The Kier molecular flexibility index (Phi) is 1.55. The minimum atomic E-state index is 0.361. The van der Waals surface area contributed by atoms with Gasteiger partial charge in [0.05, 0.1) is 12.5 Å². The van der Waals surface area contributed by atoms with Gasteiger partial charge in [0, 0.05) is 0 Å². The van der Waals surface area contributed by atoms with Gasteiger partial charge in [-0.15, -0.1) is 0 Å². The third kappa shape index (κ3) is 0.930. The molecule has 2 saturated carbocycles. The van der Waals surface area contributed by atoms with Gasteiger partial charge in [-0.2, -0.15) is 0 Å². The molecule has 2 aliphatic carbocycles. The molecule has 3 heteroatoms. The molecular formula is C10H15NO2. The molecule has 0 aromatic rings. The molecule has 0 unspecified atom stereocenters. The molecule has 2 bridgehead atoms. The molecule has 0 saturated heterocycles. The fraction of sp³-hybridized carbons (Fsp3) is 0.900. The third-order valence-electron chi connectivity index (χ3n) is 3.68. The first-order chi connectivity index (χ1) is 6.40. The van der Waals surface area contributed by atoms with E-state index in [1.807, 2.05) is 6.92 Å². The maximum Gasteiger partial charge on any atom is 0.232 e. The number of rotatable bonds is 1. The number of hydrogen-bond acceptors (Lipinski definition) is 3. The Morgan fingerprint density at radius 2 is 2.31 bits per heavy atom. The third-order valence-corrected chi connectivity index (χ3v) is 3.68. The first kappa shape index (κ1) is 7.65. The van der Waals surface area contributed by atoms with Crippen molar-refractivity contribution in [2.24, 2.45) is 22.9 Å². The van der Waals surface area contributed by atoms with Crippen molar-refractivity contribution in [2.75, 3.05) is 6.61 Å². The van der Waals surface area contributed by atoms with E-state index in [2.05, 4.69) is 5.16 Å². The van der Waals surface area contributed by atoms with Crippen LogP contribution in [-0.4, -0.2) is 18.6 Å². The van der Waals surface area contributed by atoms with Crippen molar-refractivity contribution in [3.8, 4) is 0 Å². The molecule has 3 rings (SSSR count). The van der Waals surface area contributed by atoms with Crippen LogP contribution >= 0.6 is 0 Å². The predicted octanol–water partition coefficient (Wildman–Crippen LogP) is 1.78. The number of oxime groups is 1. The minimum absolute atomic E-state index is 0.361. The molecule has 2 fully saturated rings. The second kappa shape index (κ2) is 2.63. The molecule has 0 aromatic heterocycles. The number of nitrogens with zero attached hydrogens (tertiary/aromatic N) is 1. The predicted molar refractivity (Wildman–Crippen MR) is 48.3 cm³/mol. The highest BCUT2D eigenvalue weighted by Crippen LogP contribution is 2.52. The van der Waals surface area contributed by atoms with Crippen LogP contribution in [0.3, 0.4) is 0 Å². The Balaban J connectivity index is 1.81. The van der Waals surface area contributed by atoms with Gasteiger partial charge < -0.3 is 9.57 Å². The first-order valence-corrected chi connectivity index (χ1v) is 5.26. The van der Waals surface area contributed by atoms with Crippen molar-refractivity contribution in [3.05, 3.63) is 0 Å². The summed E-state index contributed by atoms with van der Waals surface area (Å²) in [5, 5.41) is 4.05. The van der Waals surface area contributed by atoms with Crippen molar-refractivity contribution in [1.82, 2.24) is 0 Å². The molecule has 0 amide bonds. The van der Waals surface area contributed by atoms with Gasteiger partial charge in [-0.25, -0.2) is 0 Å². The number of hydrogen-bond donors (Lipinski definition) is 0. The Labute approximate surface area is 78.1 Å². The van der Waals surface area contributed by atoms with Crippen LogP contribution in [0.2, 0.25) is 0 Å². The fourth-order valence-electron chi connectivity index (χ4n) is 3.18. The Morgan fingerprint density at radius 1 is 1.46 bits per heavy atom. The quantitative estimate of drug-likeness (QED) is 0.617. The van der Waals surface area contributed by atoms with Crippen LogP contribution in [0.25, 0.3) is 0 Å². The molecule has 0 N–H and O–H groups in total. The fourth-order valence-corrected chi connectivity index (χ4v) is 3.18. The van der Waals surface area contributed by atoms with Gasteiger partial charge in [0.15, 0.2) is 0 Å². The zero-order valence-corrected chi connectivity index (χ0v) is 7.90. The van der Waals surface area contributed by atoms with Gasteiger partial charge in [0.25, 0.3) is 0 Å². The van der Waals surface area contributed by atoms with Crippen LogP contribution in [0.1, 0.15) is 26.2 Å². The SMILES string of the molecule is CCOC1=NO[C@H]2[C@H]3CC[C@@H](C3)[C@H]12. The van der Waals surface area contributed by atoms with Crippen molar-refractivity contribution in [2.45, 2.75) is 32.3 Å². The largest absolute Gasteiger partial charge is 0.479 e. The minimum Gasteiger partial charge on any atom is -0.479 e. The van der Waals surface area contributed by atoms with Crippen molar-refractivity contribution in [1.29, 1.82) is 0 Å². The summed E-state index contributed by atoms with van der Waals surface area (Å²) < 4.78 is 5.49. The summed E-state index contributed by atoms with van der Waals surface area (Å²) in [6.07, 6.45) is 4.38. The molecule has 1 heterocycles. The topological polar surface area (TPSA) is 30.8 Å². The molecule has 72 valence electrons. The molecule has 0 aromatic carbocycles. The van der Waals surface area contributed by atoms with Crippen LogP contribution in [0.5, 0.6) is 0 Å². The second-order valence-electron chi connectivity index (χ2n) is 4.29. The van der Waals surface area contributed by atoms with Gasteiger partial charge in [-0.3, -0.25) is 0 Å². The van der Waals surface area contributed by atoms with E-state index in [0.29, 0.717) is 18.6 Å². The second-order valence-corrected chi connectivity index (χ2v) is 4.29. The highest BCUT2D eigenvalue weighted by molar-refractivity contribution is 5.81. The van der Waals surface area contributed by atoms with Crippen molar-refractivity contribution in [3.63, 3.8) is 0 Å². The van der Waals surface area contributed by atoms with E-state index in [9.17, 15) is 0 Å². The highest BCUT2D eigenvalue weighted by atomic mass is 16.7. The smallest absolute Gasteiger partial charge is 0.232 e. The van der Waals surface area contributed by atoms with Crippen LogP contribution in [0.15, 0.2) is 5.16 Å². The molecule has 13 heavy (non-hydrogen) atoms. The first-order valence-electron chi connectivity index (χ1n) is 5.26. The van der Waals surface area contributed by atoms with E-state index >= 15 is 0 Å². The van der Waals surface area contributed by atoms with Crippen LogP contribution in [0.4, 0.5) is 0 Å². The average Bonchev–Trinajstić information content (AvgIpc) is 2.74. The average molecular weight is 181 g/mol. The standard InChI is InChI=1S/C10H15NO2/c1-2-12-10-8-6-3-4-7(5-6)9(8)13-11-10/h6-9H,2-5H2,1H3/t6-,7-,8-,9-/m0/s1. The van der Waals surface area contributed by atoms with Crippen LogP contribution < -0.4 is 0 Å². The maximum atomic E-state index is 5.49. The van der Waals surface area contributed by atoms with Crippen molar-refractivity contribution >= 4 is 5.90 Å². The zero-order chi connectivity index (χ0) is 8.84. The zero-order valence-electron chi connectivity index (χ0n) is 7.90. The summed E-state index contributed by atoms with van der Waals surface area (Å²) in [7, 11) is 0. The molecule has 0 radical (unpaired) electrons. The van der Waals surface area contributed by atoms with E-state index in [1.165, 1.54) is 19.3 Å². The van der Waals surface area contributed by atoms with Gasteiger partial charge >= 0.3 is 0 Å². The Hall–Kier alpha value is -0.730. The summed E-state index contributed by atoms with van der Waals surface area (Å²) in [6.45, 7) is 2.71. The lowest BCUT2D eigenvalue weighted by molar-refractivity contribution is 0.0274. The molecule has 3 aliphatic rings. The van der Waals surface area contributed by atoms with Gasteiger partial charge in [0.1, 0.15) is 6.10 Å². The van der Waals surface area contributed by atoms with Gasteiger partial charge in [-0.05, 0) is 38.0 Å². The summed E-state index contributed by atoms with van der Waals surface area (Å²) in [4.78, 5) is 5.44. The van der Waals surface area contributed by atoms with Crippen LogP contribution in [-0.2, 0) is 9.57 Å². The van der Waals surface area contributed by atoms with E-state index in [1.54, 1.807) is 0 Å². The Morgan fingerprint density at radius 3 is 3.15 bits per heavy atom. The van der Waals surface area contributed by atoms with Crippen molar-refractivity contribution < 1.29 is 9.57 Å². The monoisotopic (exact) mass is 181 g/mol. The van der Waals surface area contributed by atoms with Crippen LogP contribution in [0, 0.1) is 17.8 Å². The molecular weight excluding hydrogens is 166 g/mol. The lowest BCUT2D eigenvalue weighted by atomic mass is 9.87. The van der Waals surface area contributed by atoms with E-state index < -0.39 is 0 Å².